The summed E-state index contributed by atoms with van der Waals surface area (Å²) < 4.78 is 6.62. The molecule has 6 heteroatoms. The number of hydrogen-bond acceptors (Lipinski definition) is 4. The number of amides is 1. The molecule has 0 spiro atoms. The van der Waals surface area contributed by atoms with Gasteiger partial charge in [0.25, 0.3) is 0 Å². The first-order valence-corrected chi connectivity index (χ1v) is 6.19. The largest absolute Gasteiger partial charge is 0.497 e. The molecule has 0 unspecified atom stereocenters. The lowest BCUT2D eigenvalue weighted by Gasteiger charge is -2.06. The fourth-order valence-electron chi connectivity index (χ4n) is 1.46. The van der Waals surface area contributed by atoms with Crippen LogP contribution in [-0.2, 0) is 11.3 Å². The third-order valence-electron chi connectivity index (χ3n) is 2.37. The molecule has 0 aliphatic heterocycles. The summed E-state index contributed by atoms with van der Waals surface area (Å²) in [4.78, 5) is 12.1. The number of methoxy groups -OCH3 is 1. The van der Waals surface area contributed by atoms with Crippen molar-refractivity contribution >= 4 is 22.9 Å². The number of nitrogens with zero attached hydrogens (tertiary/aromatic N) is 1. The van der Waals surface area contributed by atoms with E-state index in [1.807, 2.05) is 0 Å². The highest BCUT2D eigenvalue weighted by Gasteiger charge is 2.04. The molecule has 0 radical (unpaired) electrons. The van der Waals surface area contributed by atoms with Gasteiger partial charge in [-0.1, -0.05) is 0 Å². The first-order chi connectivity index (χ1) is 8.69. The zero-order chi connectivity index (χ0) is 13.0. The number of benzene rings is 1. The first kappa shape index (κ1) is 12.4. The summed E-state index contributed by atoms with van der Waals surface area (Å²) in [7, 11) is 1.59. The van der Waals surface area contributed by atoms with Gasteiger partial charge in [-0.3, -0.25) is 10.2 Å². The van der Waals surface area contributed by atoms with Crippen molar-refractivity contribution in [3.8, 4) is 5.75 Å². The van der Waals surface area contributed by atoms with E-state index in [2.05, 4.69) is 5.32 Å². The Labute approximate surface area is 108 Å². The molecule has 2 rings (SSSR count). The molecule has 0 atom stereocenters. The third kappa shape index (κ3) is 2.98. The van der Waals surface area contributed by atoms with E-state index in [-0.39, 0.29) is 12.5 Å². The topological polar surface area (TPSA) is 67.1 Å². The van der Waals surface area contributed by atoms with Crippen LogP contribution in [0.3, 0.4) is 0 Å². The summed E-state index contributed by atoms with van der Waals surface area (Å²) in [5.41, 5.74) is 0.711. The molecule has 94 valence electrons. The van der Waals surface area contributed by atoms with Crippen LogP contribution < -0.4 is 14.9 Å². The lowest BCUT2D eigenvalue weighted by molar-refractivity contribution is -0.116. The van der Waals surface area contributed by atoms with Gasteiger partial charge in [-0.05, 0) is 24.3 Å². The van der Waals surface area contributed by atoms with Crippen molar-refractivity contribution < 1.29 is 9.53 Å². The molecule has 5 nitrogen and oxygen atoms in total. The molecule has 0 saturated heterocycles. The number of aromatic nitrogens is 1. The van der Waals surface area contributed by atoms with Gasteiger partial charge >= 0.3 is 0 Å². The molecule has 1 heterocycles. The number of ether oxygens (including phenoxy) is 1. The Balaban J connectivity index is 1.98. The van der Waals surface area contributed by atoms with Crippen molar-refractivity contribution in [1.29, 1.82) is 5.41 Å². The maximum absolute atomic E-state index is 11.7. The fourth-order valence-corrected chi connectivity index (χ4v) is 2.06. The Morgan fingerprint density at radius 3 is 2.72 bits per heavy atom. The van der Waals surface area contributed by atoms with Crippen LogP contribution in [0.5, 0.6) is 5.75 Å². The van der Waals surface area contributed by atoms with E-state index >= 15 is 0 Å². The minimum atomic E-state index is -0.155. The van der Waals surface area contributed by atoms with Crippen molar-refractivity contribution in [2.45, 2.75) is 6.54 Å². The number of thiazole rings is 1. The first-order valence-electron chi connectivity index (χ1n) is 5.31. The molecular formula is C12H13N3O2S. The molecule has 0 aliphatic carbocycles. The third-order valence-corrected chi connectivity index (χ3v) is 3.08. The number of carbonyl (C=O) groups excluding carboxylic acids is 1. The number of rotatable bonds is 4. The zero-order valence-corrected chi connectivity index (χ0v) is 10.7. The highest BCUT2D eigenvalue weighted by Crippen LogP contribution is 2.14. The fraction of sp³-hybridized carbons (Fsp3) is 0.167. The second kappa shape index (κ2) is 5.50. The van der Waals surface area contributed by atoms with Crippen LogP contribution >= 0.6 is 11.3 Å². The number of anilines is 1. The van der Waals surface area contributed by atoms with Crippen LogP contribution in [0.15, 0.2) is 35.8 Å². The van der Waals surface area contributed by atoms with Crippen LogP contribution in [0.4, 0.5) is 5.69 Å². The average Bonchev–Trinajstić information content (AvgIpc) is 2.76. The molecule has 2 N–H and O–H groups in total. The highest BCUT2D eigenvalue weighted by atomic mass is 32.1. The van der Waals surface area contributed by atoms with Gasteiger partial charge in [0, 0.05) is 17.3 Å². The van der Waals surface area contributed by atoms with Crippen LogP contribution in [0.2, 0.25) is 0 Å². The van der Waals surface area contributed by atoms with E-state index in [1.165, 1.54) is 11.3 Å². The lowest BCUT2D eigenvalue weighted by Crippen LogP contribution is -2.23. The summed E-state index contributed by atoms with van der Waals surface area (Å²) in [5, 5.41) is 12.1. The summed E-state index contributed by atoms with van der Waals surface area (Å²) in [6.45, 7) is 0.147. The minimum absolute atomic E-state index is 0.147. The van der Waals surface area contributed by atoms with E-state index < -0.39 is 0 Å². The van der Waals surface area contributed by atoms with E-state index in [0.29, 0.717) is 10.5 Å². The molecule has 1 aromatic heterocycles. The molecule has 0 saturated carbocycles. The van der Waals surface area contributed by atoms with Gasteiger partial charge in [-0.25, -0.2) is 0 Å². The molecule has 1 aromatic carbocycles. The monoisotopic (exact) mass is 263 g/mol. The van der Waals surface area contributed by atoms with Gasteiger partial charge in [0.05, 0.1) is 7.11 Å². The highest BCUT2D eigenvalue weighted by molar-refractivity contribution is 7.06. The second-order valence-corrected chi connectivity index (χ2v) is 4.51. The minimum Gasteiger partial charge on any atom is -0.497 e. The molecule has 0 aliphatic rings. The van der Waals surface area contributed by atoms with E-state index in [9.17, 15) is 4.79 Å². The SMILES string of the molecule is COc1ccc(NC(=O)Cn2ccsc2=N)cc1. The van der Waals surface area contributed by atoms with Crippen molar-refractivity contribution in [2.24, 2.45) is 0 Å². The van der Waals surface area contributed by atoms with Gasteiger partial charge < -0.3 is 14.6 Å². The Morgan fingerprint density at radius 2 is 2.17 bits per heavy atom. The Bertz CT molecular complexity index is 586. The molecular weight excluding hydrogens is 250 g/mol. The quantitative estimate of drug-likeness (QED) is 0.881. The zero-order valence-electron chi connectivity index (χ0n) is 9.84. The van der Waals surface area contributed by atoms with Crippen molar-refractivity contribution in [2.75, 3.05) is 12.4 Å². The van der Waals surface area contributed by atoms with Crippen molar-refractivity contribution in [3.63, 3.8) is 0 Å². The normalized spacial score (nSPS) is 10.1. The van der Waals surface area contributed by atoms with E-state index in [1.54, 1.807) is 47.5 Å². The molecule has 2 aromatic rings. The van der Waals surface area contributed by atoms with Crippen molar-refractivity contribution in [3.05, 3.63) is 40.6 Å². The van der Waals surface area contributed by atoms with Crippen molar-refractivity contribution in [1.82, 2.24) is 4.57 Å². The smallest absolute Gasteiger partial charge is 0.244 e. The lowest BCUT2D eigenvalue weighted by atomic mass is 10.3. The van der Waals surface area contributed by atoms with Gasteiger partial charge in [0.1, 0.15) is 12.3 Å². The molecule has 18 heavy (non-hydrogen) atoms. The standard InChI is InChI=1S/C12H13N3O2S/c1-17-10-4-2-9(3-5-10)14-11(16)8-15-6-7-18-12(15)13/h2-7,13H,8H2,1H3,(H,14,16). The second-order valence-electron chi connectivity index (χ2n) is 3.61. The Hall–Kier alpha value is -2.08. The molecule has 0 bridgehead atoms. The summed E-state index contributed by atoms with van der Waals surface area (Å²) >= 11 is 1.29. The van der Waals surface area contributed by atoms with Gasteiger partial charge in [-0.2, -0.15) is 0 Å². The van der Waals surface area contributed by atoms with E-state index in [0.717, 1.165) is 5.75 Å². The molecule has 0 fully saturated rings. The summed E-state index contributed by atoms with van der Waals surface area (Å²) in [5.74, 6) is 0.589. The maximum atomic E-state index is 11.7. The molecule has 1 amide bonds. The summed E-state index contributed by atoms with van der Waals surface area (Å²) in [6.07, 6.45) is 1.72. The predicted molar refractivity (Wildman–Crippen MR) is 69.8 cm³/mol. The Morgan fingerprint density at radius 1 is 1.44 bits per heavy atom. The van der Waals surface area contributed by atoms with Gasteiger partial charge in [-0.15, -0.1) is 11.3 Å². The van der Waals surface area contributed by atoms with Crippen LogP contribution in [0, 0.1) is 5.41 Å². The van der Waals surface area contributed by atoms with Crippen LogP contribution in [-0.4, -0.2) is 17.6 Å². The number of nitrogens with one attached hydrogen (secondary N) is 2. The predicted octanol–water partition coefficient (Wildman–Crippen LogP) is 1.68. The number of carbonyl (C=O) groups is 1. The van der Waals surface area contributed by atoms with E-state index in [4.69, 9.17) is 10.1 Å². The van der Waals surface area contributed by atoms with Gasteiger partial charge in [0.15, 0.2) is 4.80 Å². The Kier molecular flexibility index (Phi) is 3.78. The maximum Gasteiger partial charge on any atom is 0.244 e. The van der Waals surface area contributed by atoms with Gasteiger partial charge in [0.2, 0.25) is 5.91 Å². The van der Waals surface area contributed by atoms with Crippen LogP contribution in [0.1, 0.15) is 0 Å². The summed E-state index contributed by atoms with van der Waals surface area (Å²) in [6, 6.07) is 7.11. The van der Waals surface area contributed by atoms with Crippen LogP contribution in [0.25, 0.3) is 0 Å². The number of hydrogen-bond donors (Lipinski definition) is 2. The average molecular weight is 263 g/mol.